The van der Waals surface area contributed by atoms with Gasteiger partial charge in [0.25, 0.3) is 0 Å². The van der Waals surface area contributed by atoms with E-state index in [0.29, 0.717) is 22.4 Å². The van der Waals surface area contributed by atoms with Gasteiger partial charge in [0.15, 0.2) is 17.4 Å². The van der Waals surface area contributed by atoms with Gasteiger partial charge in [0.1, 0.15) is 40.3 Å². The minimum atomic E-state index is -1.65. The first-order chi connectivity index (χ1) is 20.0. The predicted octanol–water partition coefficient (Wildman–Crippen LogP) is 5.12. The molecule has 216 valence electrons. The van der Waals surface area contributed by atoms with Crippen molar-refractivity contribution in [2.75, 3.05) is 6.61 Å². The van der Waals surface area contributed by atoms with Crippen LogP contribution in [0.25, 0.3) is 22.2 Å². The molecule has 1 aliphatic carbocycles. The molecule has 1 fully saturated rings. The van der Waals surface area contributed by atoms with Crippen LogP contribution in [0, 0.1) is 11.6 Å². The highest BCUT2D eigenvalue weighted by Crippen LogP contribution is 2.46. The molecule has 2 aliphatic rings. The molecule has 2 atom stereocenters. The van der Waals surface area contributed by atoms with Crippen LogP contribution in [0.3, 0.4) is 0 Å². The third-order valence-electron chi connectivity index (χ3n) is 8.01. The van der Waals surface area contributed by atoms with Gasteiger partial charge in [-0.25, -0.2) is 13.8 Å². The topological polar surface area (TPSA) is 125 Å². The summed E-state index contributed by atoms with van der Waals surface area (Å²) in [6.07, 6.45) is 3.64. The Morgan fingerprint density at radius 2 is 1.95 bits per heavy atom. The molecule has 2 aromatic heterocycles. The number of pyridine rings is 2. The molecule has 1 amide bonds. The molecule has 6 rings (SSSR count). The molecular weight excluding hydrogens is 544 g/mol. The van der Waals surface area contributed by atoms with Gasteiger partial charge in [-0.1, -0.05) is 6.07 Å². The molecule has 10 heteroatoms. The van der Waals surface area contributed by atoms with Gasteiger partial charge in [0, 0.05) is 34.7 Å². The Bertz CT molecular complexity index is 1750. The van der Waals surface area contributed by atoms with Crippen molar-refractivity contribution < 1.29 is 33.0 Å². The van der Waals surface area contributed by atoms with Gasteiger partial charge in [-0.3, -0.25) is 14.6 Å². The van der Waals surface area contributed by atoms with Crippen molar-refractivity contribution in [1.29, 1.82) is 0 Å². The Labute approximate surface area is 240 Å². The third kappa shape index (κ3) is 4.96. The number of aromatic nitrogens is 2. The second-order valence-electron chi connectivity index (χ2n) is 11.4. The van der Waals surface area contributed by atoms with E-state index in [1.54, 1.807) is 31.3 Å². The molecule has 0 saturated heterocycles. The lowest BCUT2D eigenvalue weighted by molar-refractivity contribution is -0.123. The van der Waals surface area contributed by atoms with E-state index in [4.69, 9.17) is 15.2 Å². The van der Waals surface area contributed by atoms with E-state index in [1.807, 2.05) is 6.07 Å². The summed E-state index contributed by atoms with van der Waals surface area (Å²) in [5, 5.41) is 12.4. The van der Waals surface area contributed by atoms with Crippen LogP contribution in [-0.4, -0.2) is 39.5 Å². The van der Waals surface area contributed by atoms with E-state index in [1.165, 1.54) is 19.1 Å². The number of ketones is 1. The van der Waals surface area contributed by atoms with Crippen molar-refractivity contribution in [1.82, 2.24) is 9.97 Å². The van der Waals surface area contributed by atoms with Crippen LogP contribution >= 0.6 is 0 Å². The molecule has 8 nitrogen and oxygen atoms in total. The highest BCUT2D eigenvalue weighted by molar-refractivity contribution is 6.01. The van der Waals surface area contributed by atoms with Crippen molar-refractivity contribution in [3.8, 4) is 22.8 Å². The maximum atomic E-state index is 14.2. The lowest BCUT2D eigenvalue weighted by Gasteiger charge is -2.26. The third-order valence-corrected chi connectivity index (χ3v) is 8.01. The molecule has 2 aromatic carbocycles. The number of nitrogens with two attached hydrogens (primary N) is 1. The summed E-state index contributed by atoms with van der Waals surface area (Å²) in [5.41, 5.74) is 4.76. The summed E-state index contributed by atoms with van der Waals surface area (Å²) in [6.45, 7) is 3.03. The van der Waals surface area contributed by atoms with E-state index >= 15 is 0 Å². The minimum Gasteiger partial charge on any atom is -0.489 e. The van der Waals surface area contributed by atoms with E-state index in [-0.39, 0.29) is 54.0 Å². The Morgan fingerprint density at radius 1 is 1.17 bits per heavy atom. The zero-order chi connectivity index (χ0) is 29.8. The standard InChI is InChI=1S/C32H29F2N3O5/c1-31(30(35)39)16-41-29-21(31)15-26(37-28(29)18-5-8-22(33)23(34)13-18)32(2,40)10-9-24(38)19-12-17-4-3-11-36-27(17)25(14-19)42-20-6-7-20/h3-5,8,11-15,20,40H,6-7,9-10,16H2,1-2H3,(H2,35,39)/t31-,32+/m0/s1. The van der Waals surface area contributed by atoms with E-state index in [2.05, 4.69) is 9.97 Å². The highest BCUT2D eigenvalue weighted by atomic mass is 19.2. The normalized spacial score (nSPS) is 19.2. The van der Waals surface area contributed by atoms with Gasteiger partial charge < -0.3 is 20.3 Å². The van der Waals surface area contributed by atoms with Crippen LogP contribution < -0.4 is 15.2 Å². The number of halogens is 2. The number of amides is 1. The molecule has 1 saturated carbocycles. The van der Waals surface area contributed by atoms with Crippen molar-refractivity contribution in [2.24, 2.45) is 5.73 Å². The van der Waals surface area contributed by atoms with Crippen LogP contribution in [0.1, 0.15) is 61.1 Å². The number of primary amides is 1. The van der Waals surface area contributed by atoms with Gasteiger partial charge in [-0.2, -0.15) is 0 Å². The monoisotopic (exact) mass is 573 g/mol. The fraction of sp³-hybridized carbons (Fsp3) is 0.312. The SMILES string of the molecule is C[C@@](O)(CCC(=O)c1cc(OC2CC2)c2ncccc2c1)c1cc2c(c(-c3ccc(F)c(F)c3)n1)OC[C@]2(C)C(N)=O. The number of Topliss-reactive ketones (excluding diaryl/α,β-unsaturated/α-hetero) is 1. The van der Waals surface area contributed by atoms with Crippen molar-refractivity contribution >= 4 is 22.6 Å². The number of aliphatic hydroxyl groups is 1. The van der Waals surface area contributed by atoms with E-state index < -0.39 is 28.6 Å². The average Bonchev–Trinajstić information content (AvgIpc) is 3.72. The predicted molar refractivity (Wildman–Crippen MR) is 150 cm³/mol. The number of hydrogen-bond acceptors (Lipinski definition) is 7. The van der Waals surface area contributed by atoms with Crippen molar-refractivity contribution in [3.05, 3.63) is 83.2 Å². The average molecular weight is 574 g/mol. The lowest BCUT2D eigenvalue weighted by Crippen LogP contribution is -2.40. The van der Waals surface area contributed by atoms with Gasteiger partial charge >= 0.3 is 0 Å². The van der Waals surface area contributed by atoms with E-state index in [9.17, 15) is 23.5 Å². The Hall–Kier alpha value is -4.44. The number of hydrogen-bond donors (Lipinski definition) is 2. The summed E-state index contributed by atoms with van der Waals surface area (Å²) < 4.78 is 39.7. The summed E-state index contributed by atoms with van der Waals surface area (Å²) in [5.74, 6) is -2.24. The molecule has 3 N–H and O–H groups in total. The fourth-order valence-corrected chi connectivity index (χ4v) is 5.11. The highest BCUT2D eigenvalue weighted by Gasteiger charge is 2.45. The first-order valence-corrected chi connectivity index (χ1v) is 13.7. The zero-order valence-electron chi connectivity index (χ0n) is 23.1. The number of carbonyl (C=O) groups is 2. The second-order valence-corrected chi connectivity index (χ2v) is 11.4. The molecular formula is C32H29F2N3O5. The largest absolute Gasteiger partial charge is 0.489 e. The quantitative estimate of drug-likeness (QED) is 0.266. The molecule has 0 spiro atoms. The lowest BCUT2D eigenvalue weighted by atomic mass is 9.81. The van der Waals surface area contributed by atoms with E-state index in [0.717, 1.165) is 30.4 Å². The summed E-state index contributed by atoms with van der Waals surface area (Å²) in [6, 6.07) is 11.9. The zero-order valence-corrected chi connectivity index (χ0v) is 23.1. The first kappa shape index (κ1) is 27.7. The number of nitrogens with zero attached hydrogens (tertiary/aromatic N) is 2. The van der Waals surface area contributed by atoms with Crippen LogP contribution in [0.2, 0.25) is 0 Å². The fourth-order valence-electron chi connectivity index (χ4n) is 5.11. The van der Waals surface area contributed by atoms with Crippen LogP contribution in [0.15, 0.2) is 54.7 Å². The maximum absolute atomic E-state index is 14.2. The molecule has 42 heavy (non-hydrogen) atoms. The van der Waals surface area contributed by atoms with Crippen LogP contribution in [0.5, 0.6) is 11.5 Å². The van der Waals surface area contributed by atoms with Crippen molar-refractivity contribution in [2.45, 2.75) is 56.7 Å². The second kappa shape index (κ2) is 10.1. The summed E-state index contributed by atoms with van der Waals surface area (Å²) >= 11 is 0. The Morgan fingerprint density at radius 3 is 2.67 bits per heavy atom. The number of ether oxygens (including phenoxy) is 2. The minimum absolute atomic E-state index is 0.0210. The molecule has 4 aromatic rings. The van der Waals surface area contributed by atoms with Crippen molar-refractivity contribution in [3.63, 3.8) is 0 Å². The van der Waals surface area contributed by atoms with Gasteiger partial charge in [0.05, 0.1) is 11.8 Å². The molecule has 0 unspecified atom stereocenters. The smallest absolute Gasteiger partial charge is 0.231 e. The molecule has 0 radical (unpaired) electrons. The maximum Gasteiger partial charge on any atom is 0.231 e. The summed E-state index contributed by atoms with van der Waals surface area (Å²) in [4.78, 5) is 34.8. The van der Waals surface area contributed by atoms with Gasteiger partial charge in [-0.15, -0.1) is 0 Å². The summed E-state index contributed by atoms with van der Waals surface area (Å²) in [7, 11) is 0. The van der Waals surface area contributed by atoms with Gasteiger partial charge in [-0.05, 0) is 75.6 Å². The van der Waals surface area contributed by atoms with Crippen LogP contribution in [0.4, 0.5) is 8.78 Å². The first-order valence-electron chi connectivity index (χ1n) is 13.7. The number of benzene rings is 2. The van der Waals surface area contributed by atoms with Crippen LogP contribution in [-0.2, 0) is 15.8 Å². The number of fused-ring (bicyclic) bond motifs is 2. The number of carbonyl (C=O) groups excluding carboxylic acids is 2. The molecule has 1 aliphatic heterocycles. The molecule has 3 heterocycles. The molecule has 0 bridgehead atoms. The van der Waals surface area contributed by atoms with Gasteiger partial charge in [0.2, 0.25) is 5.91 Å². The Balaban J connectivity index is 1.33. The Kier molecular flexibility index (Phi) is 6.68. The number of rotatable bonds is 9.